The first-order chi connectivity index (χ1) is 7.27. The molecule has 0 bridgehead atoms. The first-order valence-electron chi connectivity index (χ1n) is 5.19. The average Bonchev–Trinajstić information content (AvgIpc) is 2.77. The van der Waals surface area contributed by atoms with Crippen LogP contribution < -0.4 is 11.1 Å². The third-order valence-corrected chi connectivity index (χ3v) is 2.20. The Hall–Kier alpha value is -1.36. The van der Waals surface area contributed by atoms with Crippen LogP contribution in [0.5, 0.6) is 0 Å². The second-order valence-electron chi connectivity index (χ2n) is 3.43. The third kappa shape index (κ3) is 3.71. The van der Waals surface area contributed by atoms with Crippen molar-refractivity contribution < 1.29 is 9.32 Å². The van der Waals surface area contributed by atoms with Crippen LogP contribution in [0.1, 0.15) is 36.7 Å². The zero-order valence-electron chi connectivity index (χ0n) is 8.90. The molecule has 0 aromatic carbocycles. The fourth-order valence-electron chi connectivity index (χ4n) is 1.29. The van der Waals surface area contributed by atoms with Gasteiger partial charge < -0.3 is 15.6 Å². The van der Waals surface area contributed by atoms with Crippen LogP contribution in [0, 0.1) is 0 Å². The molecule has 0 aliphatic rings. The molecule has 0 saturated carbocycles. The van der Waals surface area contributed by atoms with Crippen LogP contribution in [0.2, 0.25) is 0 Å². The molecule has 1 unspecified atom stereocenters. The third-order valence-electron chi connectivity index (χ3n) is 2.20. The molecule has 0 aliphatic heterocycles. The second kappa shape index (κ2) is 6.19. The molecular formula is C10H17N3O2. The van der Waals surface area contributed by atoms with Crippen molar-refractivity contribution in [3.63, 3.8) is 0 Å². The Labute approximate surface area is 89.0 Å². The molecule has 1 rings (SSSR count). The van der Waals surface area contributed by atoms with Gasteiger partial charge in [-0.25, -0.2) is 0 Å². The normalized spacial score (nSPS) is 12.4. The van der Waals surface area contributed by atoms with Gasteiger partial charge in [-0.05, 0) is 6.42 Å². The van der Waals surface area contributed by atoms with Gasteiger partial charge in [0, 0.05) is 18.7 Å². The molecule has 1 aromatic heterocycles. The zero-order chi connectivity index (χ0) is 11.1. The van der Waals surface area contributed by atoms with Gasteiger partial charge in [0.1, 0.15) is 6.26 Å². The van der Waals surface area contributed by atoms with Crippen LogP contribution in [-0.2, 0) is 0 Å². The number of nitrogens with two attached hydrogens (primary N) is 1. The maximum absolute atomic E-state index is 11.5. The number of amides is 1. The Morgan fingerprint density at radius 1 is 1.73 bits per heavy atom. The fourth-order valence-corrected chi connectivity index (χ4v) is 1.29. The summed E-state index contributed by atoms with van der Waals surface area (Å²) < 4.78 is 4.59. The first kappa shape index (κ1) is 11.7. The summed E-state index contributed by atoms with van der Waals surface area (Å²) in [5.74, 6) is -0.227. The molecule has 84 valence electrons. The molecular weight excluding hydrogens is 194 g/mol. The standard InChI is InChI=1S/C10H17N3O2/c1-2-3-4-8(7-11)12-10(14)9-5-6-15-13-9/h5-6,8H,2-4,7,11H2,1H3,(H,12,14). The summed E-state index contributed by atoms with van der Waals surface area (Å²) in [6.07, 6.45) is 4.42. The lowest BCUT2D eigenvalue weighted by molar-refractivity contribution is 0.0926. The highest BCUT2D eigenvalue weighted by molar-refractivity contribution is 5.92. The minimum absolute atomic E-state index is 0.0224. The number of carbonyl (C=O) groups excluding carboxylic acids is 1. The van der Waals surface area contributed by atoms with Crippen molar-refractivity contribution in [2.45, 2.75) is 32.2 Å². The first-order valence-corrected chi connectivity index (χ1v) is 5.19. The van der Waals surface area contributed by atoms with Crippen LogP contribution in [-0.4, -0.2) is 23.7 Å². The molecule has 0 fully saturated rings. The smallest absolute Gasteiger partial charge is 0.273 e. The molecule has 0 saturated heterocycles. The van der Waals surface area contributed by atoms with Crippen molar-refractivity contribution in [3.05, 3.63) is 18.0 Å². The van der Waals surface area contributed by atoms with Crippen LogP contribution in [0.3, 0.4) is 0 Å². The van der Waals surface area contributed by atoms with Gasteiger partial charge >= 0.3 is 0 Å². The Balaban J connectivity index is 2.41. The fraction of sp³-hybridized carbons (Fsp3) is 0.600. The number of unbranched alkanes of at least 4 members (excludes halogenated alkanes) is 1. The van der Waals surface area contributed by atoms with Gasteiger partial charge in [-0.1, -0.05) is 24.9 Å². The van der Waals surface area contributed by atoms with Gasteiger partial charge in [-0.3, -0.25) is 4.79 Å². The summed E-state index contributed by atoms with van der Waals surface area (Å²) in [5.41, 5.74) is 5.85. The van der Waals surface area contributed by atoms with E-state index >= 15 is 0 Å². The lowest BCUT2D eigenvalue weighted by Crippen LogP contribution is -2.40. The molecule has 0 radical (unpaired) electrons. The Morgan fingerprint density at radius 2 is 2.53 bits per heavy atom. The Kier molecular flexibility index (Phi) is 4.83. The highest BCUT2D eigenvalue weighted by Gasteiger charge is 2.13. The molecule has 15 heavy (non-hydrogen) atoms. The molecule has 1 heterocycles. The number of nitrogens with one attached hydrogen (secondary N) is 1. The van der Waals surface area contributed by atoms with Crippen molar-refractivity contribution in [2.75, 3.05) is 6.54 Å². The van der Waals surface area contributed by atoms with Gasteiger partial charge in [0.2, 0.25) is 0 Å². The van der Waals surface area contributed by atoms with Crippen molar-refractivity contribution in [1.82, 2.24) is 10.5 Å². The van der Waals surface area contributed by atoms with Crippen molar-refractivity contribution in [3.8, 4) is 0 Å². The zero-order valence-corrected chi connectivity index (χ0v) is 8.90. The molecule has 1 atom stereocenters. The number of carbonyl (C=O) groups is 1. The van der Waals surface area contributed by atoms with E-state index in [-0.39, 0.29) is 11.9 Å². The number of hydrogen-bond acceptors (Lipinski definition) is 4. The molecule has 3 N–H and O–H groups in total. The minimum atomic E-state index is -0.227. The predicted molar refractivity (Wildman–Crippen MR) is 56.3 cm³/mol. The monoisotopic (exact) mass is 211 g/mol. The summed E-state index contributed by atoms with van der Waals surface area (Å²) in [5, 5.41) is 6.37. The van der Waals surface area contributed by atoms with E-state index in [0.29, 0.717) is 12.2 Å². The lowest BCUT2D eigenvalue weighted by Gasteiger charge is -2.15. The minimum Gasteiger partial charge on any atom is -0.364 e. The topological polar surface area (TPSA) is 81.1 Å². The maximum Gasteiger partial charge on any atom is 0.273 e. The number of aromatic nitrogens is 1. The van der Waals surface area contributed by atoms with E-state index in [0.717, 1.165) is 19.3 Å². The van der Waals surface area contributed by atoms with Crippen LogP contribution >= 0.6 is 0 Å². The van der Waals surface area contributed by atoms with Gasteiger partial charge in [-0.2, -0.15) is 0 Å². The number of hydrogen-bond donors (Lipinski definition) is 2. The molecule has 5 heteroatoms. The summed E-state index contributed by atoms with van der Waals surface area (Å²) >= 11 is 0. The summed E-state index contributed by atoms with van der Waals surface area (Å²) in [6.45, 7) is 2.55. The van der Waals surface area contributed by atoms with Gasteiger partial charge in [0.05, 0.1) is 0 Å². The predicted octanol–water partition coefficient (Wildman–Crippen LogP) is 0.922. The van der Waals surface area contributed by atoms with E-state index in [2.05, 4.69) is 21.9 Å². The summed E-state index contributed by atoms with van der Waals surface area (Å²) in [4.78, 5) is 11.5. The van der Waals surface area contributed by atoms with Crippen molar-refractivity contribution >= 4 is 5.91 Å². The average molecular weight is 211 g/mol. The van der Waals surface area contributed by atoms with Gasteiger partial charge in [0.15, 0.2) is 5.69 Å². The molecule has 1 amide bonds. The molecule has 0 aliphatic carbocycles. The maximum atomic E-state index is 11.5. The summed E-state index contributed by atoms with van der Waals surface area (Å²) in [7, 11) is 0. The molecule has 0 spiro atoms. The highest BCUT2D eigenvalue weighted by Crippen LogP contribution is 2.01. The van der Waals surface area contributed by atoms with E-state index in [9.17, 15) is 4.79 Å². The van der Waals surface area contributed by atoms with Gasteiger partial charge in [-0.15, -0.1) is 0 Å². The Morgan fingerprint density at radius 3 is 3.07 bits per heavy atom. The lowest BCUT2D eigenvalue weighted by atomic mass is 10.1. The largest absolute Gasteiger partial charge is 0.364 e. The van der Waals surface area contributed by atoms with Crippen LogP contribution in [0.25, 0.3) is 0 Å². The van der Waals surface area contributed by atoms with E-state index < -0.39 is 0 Å². The van der Waals surface area contributed by atoms with E-state index in [1.165, 1.54) is 12.3 Å². The number of rotatable bonds is 6. The van der Waals surface area contributed by atoms with E-state index in [1.54, 1.807) is 0 Å². The van der Waals surface area contributed by atoms with Crippen LogP contribution in [0.4, 0.5) is 0 Å². The SMILES string of the molecule is CCCCC(CN)NC(=O)c1ccon1. The van der Waals surface area contributed by atoms with Gasteiger partial charge in [0.25, 0.3) is 5.91 Å². The van der Waals surface area contributed by atoms with E-state index in [1.807, 2.05) is 0 Å². The quantitative estimate of drug-likeness (QED) is 0.733. The highest BCUT2D eigenvalue weighted by atomic mass is 16.5. The van der Waals surface area contributed by atoms with Crippen molar-refractivity contribution in [2.24, 2.45) is 5.73 Å². The molecule has 1 aromatic rings. The number of nitrogens with zero attached hydrogens (tertiary/aromatic N) is 1. The summed E-state index contributed by atoms with van der Waals surface area (Å²) in [6, 6.07) is 1.55. The Bertz CT molecular complexity index is 285. The van der Waals surface area contributed by atoms with E-state index in [4.69, 9.17) is 5.73 Å². The van der Waals surface area contributed by atoms with Crippen molar-refractivity contribution in [1.29, 1.82) is 0 Å². The van der Waals surface area contributed by atoms with Crippen LogP contribution in [0.15, 0.2) is 16.9 Å². The molecule has 5 nitrogen and oxygen atoms in total. The second-order valence-corrected chi connectivity index (χ2v) is 3.43.